The van der Waals surface area contributed by atoms with Gasteiger partial charge >= 0.3 is 27.0 Å². The van der Waals surface area contributed by atoms with Crippen LogP contribution in [0, 0.1) is 12.8 Å². The van der Waals surface area contributed by atoms with Crippen molar-refractivity contribution in [3.63, 3.8) is 0 Å². The second-order valence-corrected chi connectivity index (χ2v) is 6.83. The molecule has 156 valence electrons. The van der Waals surface area contributed by atoms with E-state index < -0.39 is 12.0 Å². The zero-order valence-electron chi connectivity index (χ0n) is 17.1. The van der Waals surface area contributed by atoms with Crippen LogP contribution in [0.4, 0.5) is 0 Å². The minimum atomic E-state index is -1.01. The van der Waals surface area contributed by atoms with Crippen LogP contribution in [-0.2, 0) is 25.9 Å². The summed E-state index contributed by atoms with van der Waals surface area (Å²) in [6.07, 6.45) is 3.54. The van der Waals surface area contributed by atoms with Crippen LogP contribution >= 0.6 is 0 Å². The minimum absolute atomic E-state index is 0. The second-order valence-electron chi connectivity index (χ2n) is 6.83. The first-order chi connectivity index (χ1) is 13.9. The fourth-order valence-corrected chi connectivity index (χ4v) is 2.47. The SMILES string of the molecule is Cc1ccc(C(=O)NC(C(=O)O)C(C)C)cc1.[Pt+4].c1ccc(-c2ccccn2)nc1. The van der Waals surface area contributed by atoms with Gasteiger partial charge in [0.2, 0.25) is 0 Å². The van der Waals surface area contributed by atoms with E-state index in [1.165, 1.54) is 0 Å². The molecule has 2 N–H and O–H groups in total. The van der Waals surface area contributed by atoms with Crippen LogP contribution in [0.15, 0.2) is 73.1 Å². The Labute approximate surface area is 191 Å². The molecule has 7 heteroatoms. The molecule has 1 atom stereocenters. The number of amides is 1. The minimum Gasteiger partial charge on any atom is -0.480 e. The quantitative estimate of drug-likeness (QED) is 0.472. The number of carbonyl (C=O) groups is 2. The Balaban J connectivity index is 0.000000304. The van der Waals surface area contributed by atoms with Crippen molar-refractivity contribution in [2.75, 3.05) is 0 Å². The molecule has 0 radical (unpaired) electrons. The van der Waals surface area contributed by atoms with Gasteiger partial charge < -0.3 is 10.4 Å². The van der Waals surface area contributed by atoms with Gasteiger partial charge in [0.25, 0.3) is 5.91 Å². The van der Waals surface area contributed by atoms with Crippen molar-refractivity contribution in [3.8, 4) is 11.4 Å². The summed E-state index contributed by atoms with van der Waals surface area (Å²) < 4.78 is 0. The molecule has 0 aliphatic rings. The third-order valence-electron chi connectivity index (χ3n) is 4.13. The van der Waals surface area contributed by atoms with Crippen LogP contribution in [0.3, 0.4) is 0 Å². The van der Waals surface area contributed by atoms with E-state index in [0.717, 1.165) is 17.0 Å². The predicted octanol–water partition coefficient (Wildman–Crippen LogP) is 3.98. The van der Waals surface area contributed by atoms with Crippen LogP contribution in [0.25, 0.3) is 11.4 Å². The van der Waals surface area contributed by atoms with Crippen LogP contribution in [0.1, 0.15) is 29.8 Å². The van der Waals surface area contributed by atoms with Crippen LogP contribution < -0.4 is 5.32 Å². The number of nitrogens with zero attached hydrogens (tertiary/aromatic N) is 2. The molecule has 3 rings (SSSR count). The number of carbonyl (C=O) groups excluding carboxylic acids is 1. The van der Waals surface area contributed by atoms with Gasteiger partial charge in [-0.15, -0.1) is 0 Å². The zero-order valence-corrected chi connectivity index (χ0v) is 19.3. The molecule has 0 bridgehead atoms. The van der Waals surface area contributed by atoms with Crippen LogP contribution in [0.2, 0.25) is 0 Å². The van der Waals surface area contributed by atoms with Crippen molar-refractivity contribution in [1.29, 1.82) is 0 Å². The van der Waals surface area contributed by atoms with Crippen molar-refractivity contribution in [1.82, 2.24) is 15.3 Å². The first-order valence-electron chi connectivity index (χ1n) is 9.31. The molecule has 0 aliphatic heterocycles. The Morgan fingerprint density at radius 1 is 0.867 bits per heavy atom. The fourth-order valence-electron chi connectivity index (χ4n) is 2.47. The number of benzene rings is 1. The molecule has 30 heavy (non-hydrogen) atoms. The van der Waals surface area contributed by atoms with Crippen LogP contribution in [-0.4, -0.2) is 33.0 Å². The first kappa shape index (κ1) is 25.2. The monoisotopic (exact) mass is 586 g/mol. The second kappa shape index (κ2) is 12.7. The number of aromatic nitrogens is 2. The van der Waals surface area contributed by atoms with Gasteiger partial charge in [-0.1, -0.05) is 43.7 Å². The Hall–Kier alpha value is -2.85. The standard InChI is InChI=1S/C13H17NO3.C10H8N2.Pt/c1-8(2)11(13(16)17)14-12(15)10-6-4-9(3)5-7-10;1-3-7-11-9(5-1)10-6-2-4-8-12-10;/h4-8,11H,1-3H3,(H,14,15)(H,16,17);1-8H;/q;;+4. The normalized spacial score (nSPS) is 10.8. The molecule has 1 amide bonds. The average molecular weight is 587 g/mol. The van der Waals surface area contributed by atoms with Crippen molar-refractivity contribution in [3.05, 3.63) is 84.2 Å². The summed E-state index contributed by atoms with van der Waals surface area (Å²) in [5.74, 6) is -1.52. The summed E-state index contributed by atoms with van der Waals surface area (Å²) in [6.45, 7) is 5.44. The van der Waals surface area contributed by atoms with E-state index in [0.29, 0.717) is 5.56 Å². The van der Waals surface area contributed by atoms with Gasteiger partial charge in [0, 0.05) is 18.0 Å². The Morgan fingerprint density at radius 2 is 1.37 bits per heavy atom. The molecule has 0 saturated heterocycles. The smallest absolute Gasteiger partial charge is 0.480 e. The summed E-state index contributed by atoms with van der Waals surface area (Å²) in [6, 6.07) is 17.7. The van der Waals surface area contributed by atoms with Gasteiger partial charge in [0.1, 0.15) is 6.04 Å². The van der Waals surface area contributed by atoms with Crippen molar-refractivity contribution < 1.29 is 35.8 Å². The fraction of sp³-hybridized carbons (Fsp3) is 0.217. The molecule has 0 fully saturated rings. The molecule has 3 aromatic rings. The third kappa shape index (κ3) is 7.88. The molecule has 2 aromatic heterocycles. The van der Waals surface area contributed by atoms with E-state index in [2.05, 4.69) is 15.3 Å². The Kier molecular flexibility index (Phi) is 10.6. The first-order valence-corrected chi connectivity index (χ1v) is 9.31. The topological polar surface area (TPSA) is 92.2 Å². The van der Waals surface area contributed by atoms with E-state index in [9.17, 15) is 9.59 Å². The van der Waals surface area contributed by atoms with Gasteiger partial charge in [-0.05, 0) is 49.2 Å². The maximum atomic E-state index is 11.8. The maximum Gasteiger partial charge on any atom is 4.00 e. The van der Waals surface area contributed by atoms with E-state index in [1.807, 2.05) is 55.5 Å². The van der Waals surface area contributed by atoms with Gasteiger partial charge in [-0.3, -0.25) is 14.8 Å². The van der Waals surface area contributed by atoms with E-state index in [4.69, 9.17) is 5.11 Å². The largest absolute Gasteiger partial charge is 4.00 e. The van der Waals surface area contributed by atoms with Gasteiger partial charge in [0.15, 0.2) is 0 Å². The number of nitrogens with one attached hydrogen (secondary N) is 1. The Morgan fingerprint density at radius 3 is 1.73 bits per heavy atom. The van der Waals surface area contributed by atoms with Crippen LogP contribution in [0.5, 0.6) is 0 Å². The number of carboxylic acids is 1. The van der Waals surface area contributed by atoms with Gasteiger partial charge in [-0.2, -0.15) is 0 Å². The molecule has 2 heterocycles. The summed E-state index contributed by atoms with van der Waals surface area (Å²) in [5.41, 5.74) is 3.36. The van der Waals surface area contributed by atoms with E-state index in [-0.39, 0.29) is 32.9 Å². The zero-order chi connectivity index (χ0) is 21.2. The maximum absolute atomic E-state index is 11.8. The summed E-state index contributed by atoms with van der Waals surface area (Å²) in [4.78, 5) is 31.1. The molecule has 0 spiro atoms. The molecular weight excluding hydrogens is 561 g/mol. The number of aliphatic carboxylic acids is 1. The average Bonchev–Trinajstić information content (AvgIpc) is 2.73. The van der Waals surface area contributed by atoms with E-state index >= 15 is 0 Å². The van der Waals surface area contributed by atoms with Crippen molar-refractivity contribution >= 4 is 11.9 Å². The summed E-state index contributed by atoms with van der Waals surface area (Å²) in [5, 5.41) is 11.5. The van der Waals surface area contributed by atoms with E-state index in [1.54, 1.807) is 38.4 Å². The number of carboxylic acid groups (broad SMARTS) is 1. The van der Waals surface area contributed by atoms with Gasteiger partial charge in [0.05, 0.1) is 11.4 Å². The molecule has 0 aliphatic carbocycles. The number of hydrogen-bond acceptors (Lipinski definition) is 4. The molecule has 1 unspecified atom stereocenters. The number of aryl methyl sites for hydroxylation is 1. The summed E-state index contributed by atoms with van der Waals surface area (Å²) >= 11 is 0. The van der Waals surface area contributed by atoms with Crippen molar-refractivity contribution in [2.24, 2.45) is 5.92 Å². The molecule has 1 aromatic carbocycles. The predicted molar refractivity (Wildman–Crippen MR) is 112 cm³/mol. The number of hydrogen-bond donors (Lipinski definition) is 2. The summed E-state index contributed by atoms with van der Waals surface area (Å²) in [7, 11) is 0. The number of pyridine rings is 2. The number of rotatable bonds is 5. The molecule has 0 saturated carbocycles. The Bertz CT molecular complexity index is 880. The molecule has 6 nitrogen and oxygen atoms in total. The molecular formula is C23H25N3O3Pt+4. The van der Waals surface area contributed by atoms with Gasteiger partial charge in [-0.25, -0.2) is 4.79 Å². The third-order valence-corrected chi connectivity index (χ3v) is 4.13. The van der Waals surface area contributed by atoms with Crippen molar-refractivity contribution in [2.45, 2.75) is 26.8 Å².